The van der Waals surface area contributed by atoms with Gasteiger partial charge in [-0.05, 0) is 44.6 Å². The number of rotatable bonds is 4. The van der Waals surface area contributed by atoms with Crippen LogP contribution in [0.1, 0.15) is 29.6 Å². The van der Waals surface area contributed by atoms with Crippen molar-refractivity contribution in [3.8, 4) is 5.75 Å². The molecule has 6 nitrogen and oxygen atoms in total. The molecule has 1 heterocycles. The number of ether oxygens (including phenoxy) is 1. The minimum absolute atomic E-state index is 0.101. The lowest BCUT2D eigenvalue weighted by Crippen LogP contribution is -2.45. The number of aliphatic carboxylic acids is 1. The van der Waals surface area contributed by atoms with E-state index in [2.05, 4.69) is 11.9 Å². The number of alkyl halides is 3. The van der Waals surface area contributed by atoms with Crippen molar-refractivity contribution in [2.24, 2.45) is 0 Å². The van der Waals surface area contributed by atoms with Gasteiger partial charge in [0.25, 0.3) is 5.91 Å². The number of hydrogen-bond acceptors (Lipinski definition) is 4. The maximum atomic E-state index is 13.4. The number of hydrogen-bond donors (Lipinski definition) is 1. The van der Waals surface area contributed by atoms with E-state index in [1.165, 1.54) is 38.2 Å². The number of piperidine rings is 1. The molecule has 1 saturated heterocycles. The average Bonchev–Trinajstić information content (AvgIpc) is 2.63. The highest BCUT2D eigenvalue weighted by molar-refractivity contribution is 5.94. The van der Waals surface area contributed by atoms with Crippen molar-refractivity contribution in [2.45, 2.75) is 31.5 Å². The molecule has 0 saturated carbocycles. The van der Waals surface area contributed by atoms with E-state index in [0.717, 1.165) is 13.0 Å². The molecule has 10 heteroatoms. The van der Waals surface area contributed by atoms with E-state index >= 15 is 0 Å². The Kier molecular flexibility index (Phi) is 8.67. The van der Waals surface area contributed by atoms with Crippen LogP contribution in [-0.2, 0) is 4.79 Å². The Morgan fingerprint density at radius 1 is 1.32 bits per heavy atom. The molecular formula is C18H24F4N2O4. The van der Waals surface area contributed by atoms with Crippen molar-refractivity contribution in [1.29, 1.82) is 0 Å². The number of benzene rings is 1. The quantitative estimate of drug-likeness (QED) is 0.776. The van der Waals surface area contributed by atoms with Crippen molar-refractivity contribution in [1.82, 2.24) is 9.80 Å². The Labute approximate surface area is 160 Å². The average molecular weight is 408 g/mol. The summed E-state index contributed by atoms with van der Waals surface area (Å²) >= 11 is 0. The maximum absolute atomic E-state index is 13.4. The van der Waals surface area contributed by atoms with Crippen molar-refractivity contribution >= 4 is 11.9 Å². The van der Waals surface area contributed by atoms with Crippen LogP contribution in [0.25, 0.3) is 0 Å². The van der Waals surface area contributed by atoms with Crippen molar-refractivity contribution < 1.29 is 37.0 Å². The highest BCUT2D eigenvalue weighted by Crippen LogP contribution is 2.20. The molecule has 0 radical (unpaired) electrons. The molecule has 1 amide bonds. The van der Waals surface area contributed by atoms with Crippen molar-refractivity contribution in [3.05, 3.63) is 29.6 Å². The number of likely N-dealkylation sites (tertiary alicyclic amines) is 1. The lowest BCUT2D eigenvalue weighted by Gasteiger charge is -2.35. The number of amides is 1. The van der Waals surface area contributed by atoms with Crippen LogP contribution in [0, 0.1) is 5.82 Å². The summed E-state index contributed by atoms with van der Waals surface area (Å²) in [4.78, 5) is 25.3. The molecule has 0 aliphatic carbocycles. The minimum atomic E-state index is -5.08. The third-order valence-electron chi connectivity index (χ3n) is 4.39. The van der Waals surface area contributed by atoms with Crippen LogP contribution in [0.4, 0.5) is 17.6 Å². The molecular weight excluding hydrogens is 384 g/mol. The second kappa shape index (κ2) is 10.3. The molecule has 28 heavy (non-hydrogen) atoms. The molecule has 2 rings (SSSR count). The van der Waals surface area contributed by atoms with Gasteiger partial charge in [0.05, 0.1) is 7.11 Å². The Morgan fingerprint density at radius 2 is 1.93 bits per heavy atom. The van der Waals surface area contributed by atoms with Crippen molar-refractivity contribution in [3.63, 3.8) is 0 Å². The van der Waals surface area contributed by atoms with Gasteiger partial charge in [0.2, 0.25) is 0 Å². The Hall–Kier alpha value is -2.36. The zero-order chi connectivity index (χ0) is 21.5. The second-order valence-electron chi connectivity index (χ2n) is 6.47. The van der Waals surface area contributed by atoms with E-state index in [9.17, 15) is 22.4 Å². The van der Waals surface area contributed by atoms with Crippen LogP contribution in [0.15, 0.2) is 18.2 Å². The summed E-state index contributed by atoms with van der Waals surface area (Å²) in [6.45, 7) is 1.77. The Bertz CT molecular complexity index is 682. The van der Waals surface area contributed by atoms with Gasteiger partial charge in [0, 0.05) is 25.2 Å². The predicted molar refractivity (Wildman–Crippen MR) is 93.9 cm³/mol. The molecule has 1 N–H and O–H groups in total. The highest BCUT2D eigenvalue weighted by Gasteiger charge is 2.38. The number of carboxylic acids is 1. The molecule has 1 fully saturated rings. The van der Waals surface area contributed by atoms with Gasteiger partial charge in [-0.2, -0.15) is 13.2 Å². The largest absolute Gasteiger partial charge is 0.494 e. The molecule has 1 unspecified atom stereocenters. The van der Waals surface area contributed by atoms with E-state index in [0.29, 0.717) is 18.2 Å². The predicted octanol–water partition coefficient (Wildman–Crippen LogP) is 3.02. The number of methoxy groups -OCH3 is 1. The monoisotopic (exact) mass is 408 g/mol. The Balaban J connectivity index is 0.000000480. The first-order valence-corrected chi connectivity index (χ1v) is 8.56. The molecule has 158 valence electrons. The zero-order valence-corrected chi connectivity index (χ0v) is 15.9. The van der Waals surface area contributed by atoms with Crippen LogP contribution in [0.2, 0.25) is 0 Å². The zero-order valence-electron chi connectivity index (χ0n) is 15.9. The molecule has 1 aliphatic heterocycles. The molecule has 1 atom stereocenters. The minimum Gasteiger partial charge on any atom is -0.494 e. The molecule has 1 aromatic carbocycles. The summed E-state index contributed by atoms with van der Waals surface area (Å²) in [5, 5.41) is 7.12. The highest BCUT2D eigenvalue weighted by atomic mass is 19.4. The molecule has 0 spiro atoms. The number of likely N-dealkylation sites (N-methyl/N-ethyl adjacent to an activating group) is 2. The standard InChI is InChI=1S/C16H23FN2O2.C2HF3O2/c1-18-9-5-4-6-13(18)11-19(2)16(20)12-7-8-14(17)15(10-12)21-3;3-2(4,5)1(6)7/h7-8,10,13H,4-6,9,11H2,1-3H3;(H,6,7). The number of carbonyl (C=O) groups is 2. The van der Waals surface area contributed by atoms with Crippen LogP contribution in [0.5, 0.6) is 5.75 Å². The first kappa shape index (κ1) is 23.7. The lowest BCUT2D eigenvalue weighted by molar-refractivity contribution is -0.192. The van der Waals surface area contributed by atoms with Gasteiger partial charge in [0.15, 0.2) is 11.6 Å². The van der Waals surface area contributed by atoms with E-state index < -0.39 is 18.0 Å². The summed E-state index contributed by atoms with van der Waals surface area (Å²) in [5.74, 6) is -3.22. The van der Waals surface area contributed by atoms with Gasteiger partial charge in [-0.3, -0.25) is 4.79 Å². The summed E-state index contributed by atoms with van der Waals surface area (Å²) < 4.78 is 50.1. The fourth-order valence-corrected chi connectivity index (χ4v) is 2.79. The van der Waals surface area contributed by atoms with Gasteiger partial charge >= 0.3 is 12.1 Å². The fraction of sp³-hybridized carbons (Fsp3) is 0.556. The summed E-state index contributed by atoms with van der Waals surface area (Å²) in [7, 11) is 5.29. The number of carboxylic acid groups (broad SMARTS) is 1. The maximum Gasteiger partial charge on any atom is 0.490 e. The normalized spacial score (nSPS) is 17.3. The van der Waals surface area contributed by atoms with Crippen LogP contribution >= 0.6 is 0 Å². The van der Waals surface area contributed by atoms with Crippen molar-refractivity contribution in [2.75, 3.05) is 34.3 Å². The number of carbonyl (C=O) groups excluding carboxylic acids is 1. The Morgan fingerprint density at radius 3 is 2.43 bits per heavy atom. The third-order valence-corrected chi connectivity index (χ3v) is 4.39. The van der Waals surface area contributed by atoms with E-state index in [-0.39, 0.29) is 11.7 Å². The van der Waals surface area contributed by atoms with Gasteiger partial charge in [-0.1, -0.05) is 6.42 Å². The summed E-state index contributed by atoms with van der Waals surface area (Å²) in [6, 6.07) is 4.63. The first-order valence-electron chi connectivity index (χ1n) is 8.56. The van der Waals surface area contributed by atoms with Crippen LogP contribution in [0.3, 0.4) is 0 Å². The SMILES string of the molecule is COc1cc(C(=O)N(C)CC2CCCCN2C)ccc1F.O=C(O)C(F)(F)F. The van der Waals surface area contributed by atoms with E-state index in [4.69, 9.17) is 14.6 Å². The smallest absolute Gasteiger partial charge is 0.490 e. The topological polar surface area (TPSA) is 70.1 Å². The second-order valence-corrected chi connectivity index (χ2v) is 6.47. The summed E-state index contributed by atoms with van der Waals surface area (Å²) in [6.07, 6.45) is -1.54. The molecule has 1 aliphatic rings. The van der Waals surface area contributed by atoms with Gasteiger partial charge in [-0.15, -0.1) is 0 Å². The number of nitrogens with zero attached hydrogens (tertiary/aromatic N) is 2. The fourth-order valence-electron chi connectivity index (χ4n) is 2.79. The lowest BCUT2D eigenvalue weighted by atomic mass is 10.0. The van der Waals surface area contributed by atoms with Gasteiger partial charge in [0.1, 0.15) is 0 Å². The molecule has 0 bridgehead atoms. The molecule has 0 aromatic heterocycles. The number of halogens is 4. The van der Waals surface area contributed by atoms with Crippen LogP contribution < -0.4 is 4.74 Å². The molecule has 1 aromatic rings. The first-order chi connectivity index (χ1) is 13.0. The van der Waals surface area contributed by atoms with Gasteiger partial charge in [-0.25, -0.2) is 9.18 Å². The van der Waals surface area contributed by atoms with Crippen LogP contribution in [-0.4, -0.2) is 73.3 Å². The van der Waals surface area contributed by atoms with E-state index in [1.54, 1.807) is 11.9 Å². The van der Waals surface area contributed by atoms with Gasteiger partial charge < -0.3 is 19.6 Å². The third kappa shape index (κ3) is 6.99. The van der Waals surface area contributed by atoms with E-state index in [1.807, 2.05) is 0 Å². The summed E-state index contributed by atoms with van der Waals surface area (Å²) in [5.41, 5.74) is 0.453.